The van der Waals surface area contributed by atoms with E-state index in [-0.39, 0.29) is 18.5 Å². The van der Waals surface area contributed by atoms with Crippen molar-refractivity contribution < 1.29 is 14.7 Å². The van der Waals surface area contributed by atoms with Gasteiger partial charge in [-0.2, -0.15) is 11.8 Å². The first-order valence-corrected chi connectivity index (χ1v) is 7.23. The van der Waals surface area contributed by atoms with Crippen molar-refractivity contribution in [1.82, 2.24) is 10.2 Å². The Labute approximate surface area is 113 Å². The highest BCUT2D eigenvalue weighted by Crippen LogP contribution is 2.09. The number of amides is 2. The van der Waals surface area contributed by atoms with E-state index in [9.17, 15) is 9.59 Å². The van der Waals surface area contributed by atoms with Gasteiger partial charge in [0.15, 0.2) is 0 Å². The van der Waals surface area contributed by atoms with Gasteiger partial charge in [-0.15, -0.1) is 6.58 Å². The number of aliphatic carboxylic acids is 1. The number of carboxylic acid groups (broad SMARTS) is 1. The fraction of sp³-hybridized carbons (Fsp3) is 0.667. The van der Waals surface area contributed by atoms with E-state index in [0.29, 0.717) is 0 Å². The average Bonchev–Trinajstić information content (AvgIpc) is 2.34. The number of rotatable bonds is 8. The number of urea groups is 1. The number of carbonyl (C=O) groups is 2. The van der Waals surface area contributed by atoms with Crippen molar-refractivity contribution in [2.75, 3.05) is 19.1 Å². The maximum Gasteiger partial charge on any atom is 0.326 e. The van der Waals surface area contributed by atoms with Crippen LogP contribution in [0.15, 0.2) is 12.7 Å². The molecule has 0 heterocycles. The Hall–Kier alpha value is -1.17. The number of nitrogens with zero attached hydrogens (tertiary/aromatic N) is 1. The van der Waals surface area contributed by atoms with E-state index in [0.717, 1.165) is 12.2 Å². The van der Waals surface area contributed by atoms with Gasteiger partial charge in [-0.1, -0.05) is 13.0 Å². The van der Waals surface area contributed by atoms with Gasteiger partial charge < -0.3 is 15.3 Å². The molecule has 2 N–H and O–H groups in total. The molecular formula is C12H22N2O3S. The molecule has 0 aromatic carbocycles. The molecule has 0 aliphatic carbocycles. The fourth-order valence-electron chi connectivity index (χ4n) is 1.50. The van der Waals surface area contributed by atoms with Crippen LogP contribution in [0.25, 0.3) is 0 Å². The summed E-state index contributed by atoms with van der Waals surface area (Å²) in [5.74, 6) is -0.214. The molecule has 5 nitrogen and oxygen atoms in total. The van der Waals surface area contributed by atoms with Crippen LogP contribution in [0.1, 0.15) is 19.8 Å². The van der Waals surface area contributed by atoms with E-state index in [1.807, 2.05) is 13.2 Å². The normalized spacial score (nSPS) is 13.5. The van der Waals surface area contributed by atoms with Gasteiger partial charge in [0.05, 0.1) is 0 Å². The van der Waals surface area contributed by atoms with Crippen LogP contribution in [-0.4, -0.2) is 53.1 Å². The lowest BCUT2D eigenvalue weighted by Crippen LogP contribution is -2.50. The molecule has 18 heavy (non-hydrogen) atoms. The Morgan fingerprint density at radius 2 is 2.17 bits per heavy atom. The molecular weight excluding hydrogens is 252 g/mol. The molecule has 2 atom stereocenters. The summed E-state index contributed by atoms with van der Waals surface area (Å²) in [5.41, 5.74) is 0. The van der Waals surface area contributed by atoms with Crippen LogP contribution in [0.3, 0.4) is 0 Å². The fourth-order valence-corrected chi connectivity index (χ4v) is 2.34. The Morgan fingerprint density at radius 1 is 1.56 bits per heavy atom. The molecule has 6 heteroatoms. The van der Waals surface area contributed by atoms with Crippen molar-refractivity contribution in [3.8, 4) is 0 Å². The van der Waals surface area contributed by atoms with Gasteiger partial charge in [0.2, 0.25) is 0 Å². The highest BCUT2D eigenvalue weighted by Gasteiger charge is 2.23. The number of hydrogen-bond acceptors (Lipinski definition) is 3. The Kier molecular flexibility index (Phi) is 8.28. The maximum atomic E-state index is 11.9. The van der Waals surface area contributed by atoms with Crippen molar-refractivity contribution in [2.24, 2.45) is 0 Å². The third-order valence-corrected chi connectivity index (χ3v) is 3.41. The molecule has 0 saturated heterocycles. The average molecular weight is 274 g/mol. The van der Waals surface area contributed by atoms with Gasteiger partial charge in [0.1, 0.15) is 6.04 Å². The first-order chi connectivity index (χ1) is 8.47. The Balaban J connectivity index is 4.52. The summed E-state index contributed by atoms with van der Waals surface area (Å²) >= 11 is 1.66. The highest BCUT2D eigenvalue weighted by molar-refractivity contribution is 7.98. The molecule has 0 fully saturated rings. The monoisotopic (exact) mass is 274 g/mol. The highest BCUT2D eigenvalue weighted by atomic mass is 32.2. The van der Waals surface area contributed by atoms with E-state index in [1.54, 1.807) is 23.7 Å². The zero-order chi connectivity index (χ0) is 14.1. The molecule has 0 aromatic rings. The number of nitrogens with one attached hydrogen (secondary N) is 1. The second kappa shape index (κ2) is 8.85. The first-order valence-electron chi connectivity index (χ1n) is 5.83. The quantitative estimate of drug-likeness (QED) is 0.662. The Bertz CT molecular complexity index is 297. The topological polar surface area (TPSA) is 69.6 Å². The molecule has 2 amide bonds. The SMILES string of the molecule is C=CCC(NC(=O)N(C)C(CC)CSC)C(=O)O. The van der Waals surface area contributed by atoms with Gasteiger partial charge in [0, 0.05) is 18.8 Å². The predicted molar refractivity (Wildman–Crippen MR) is 75.0 cm³/mol. The second-order valence-corrected chi connectivity index (χ2v) is 4.90. The molecule has 0 saturated carbocycles. The van der Waals surface area contributed by atoms with Crippen LogP contribution < -0.4 is 5.32 Å². The lowest BCUT2D eigenvalue weighted by molar-refractivity contribution is -0.139. The Morgan fingerprint density at radius 3 is 2.56 bits per heavy atom. The summed E-state index contributed by atoms with van der Waals surface area (Å²) in [6, 6.07) is -1.16. The lowest BCUT2D eigenvalue weighted by Gasteiger charge is -2.28. The van der Waals surface area contributed by atoms with E-state index in [2.05, 4.69) is 11.9 Å². The van der Waals surface area contributed by atoms with Crippen molar-refractivity contribution in [2.45, 2.75) is 31.8 Å². The van der Waals surface area contributed by atoms with Gasteiger partial charge in [-0.3, -0.25) is 0 Å². The van der Waals surface area contributed by atoms with E-state index < -0.39 is 12.0 Å². The lowest BCUT2D eigenvalue weighted by atomic mass is 10.2. The minimum atomic E-state index is -1.05. The van der Waals surface area contributed by atoms with Gasteiger partial charge in [-0.05, 0) is 19.1 Å². The predicted octanol–water partition coefficient (Wildman–Crippen LogP) is 1.80. The maximum absolute atomic E-state index is 11.9. The molecule has 0 aliphatic heterocycles. The van der Waals surface area contributed by atoms with Crippen molar-refractivity contribution in [3.63, 3.8) is 0 Å². The number of carboxylic acids is 1. The minimum absolute atomic E-state index is 0.109. The minimum Gasteiger partial charge on any atom is -0.480 e. The standard InChI is InChI=1S/C12H22N2O3S/c1-5-7-10(11(15)16)13-12(17)14(3)9(6-2)8-18-4/h5,9-10H,1,6-8H2,2-4H3,(H,13,17)(H,15,16). The van der Waals surface area contributed by atoms with Gasteiger partial charge in [0.25, 0.3) is 0 Å². The van der Waals surface area contributed by atoms with Crippen molar-refractivity contribution in [3.05, 3.63) is 12.7 Å². The van der Waals surface area contributed by atoms with Crippen LogP contribution >= 0.6 is 11.8 Å². The summed E-state index contributed by atoms with van der Waals surface area (Å²) < 4.78 is 0. The first kappa shape index (κ1) is 16.8. The molecule has 2 unspecified atom stereocenters. The molecule has 104 valence electrons. The van der Waals surface area contributed by atoms with Gasteiger partial charge >= 0.3 is 12.0 Å². The number of carbonyl (C=O) groups excluding carboxylic acids is 1. The molecule has 0 bridgehead atoms. The van der Waals surface area contributed by atoms with E-state index >= 15 is 0 Å². The van der Waals surface area contributed by atoms with Crippen LogP contribution in [0.5, 0.6) is 0 Å². The molecule has 0 aliphatic rings. The van der Waals surface area contributed by atoms with Gasteiger partial charge in [-0.25, -0.2) is 9.59 Å². The summed E-state index contributed by atoms with van der Waals surface area (Å²) in [7, 11) is 1.69. The van der Waals surface area contributed by atoms with E-state index in [1.165, 1.54) is 6.08 Å². The zero-order valence-corrected chi connectivity index (χ0v) is 12.0. The number of thioether (sulfide) groups is 1. The zero-order valence-electron chi connectivity index (χ0n) is 11.2. The van der Waals surface area contributed by atoms with Crippen LogP contribution in [0.2, 0.25) is 0 Å². The largest absolute Gasteiger partial charge is 0.480 e. The van der Waals surface area contributed by atoms with Crippen LogP contribution in [0.4, 0.5) is 4.79 Å². The smallest absolute Gasteiger partial charge is 0.326 e. The third kappa shape index (κ3) is 5.44. The molecule has 0 rings (SSSR count). The molecule has 0 spiro atoms. The van der Waals surface area contributed by atoms with E-state index in [4.69, 9.17) is 5.11 Å². The second-order valence-electron chi connectivity index (χ2n) is 3.99. The van der Waals surface area contributed by atoms with Crippen LogP contribution in [-0.2, 0) is 4.79 Å². The summed E-state index contributed by atoms with van der Waals surface area (Å²) in [4.78, 5) is 24.4. The molecule has 0 aromatic heterocycles. The third-order valence-electron chi connectivity index (χ3n) is 2.70. The summed E-state index contributed by atoms with van der Waals surface area (Å²) in [6.45, 7) is 5.49. The van der Waals surface area contributed by atoms with Crippen LogP contribution in [0, 0.1) is 0 Å². The van der Waals surface area contributed by atoms with Crippen molar-refractivity contribution >= 4 is 23.8 Å². The summed E-state index contributed by atoms with van der Waals surface area (Å²) in [6.07, 6.45) is 4.52. The molecule has 0 radical (unpaired) electrons. The number of hydrogen-bond donors (Lipinski definition) is 2. The summed E-state index contributed by atoms with van der Waals surface area (Å²) in [5, 5.41) is 11.4. The van der Waals surface area contributed by atoms with Crippen molar-refractivity contribution in [1.29, 1.82) is 0 Å².